The van der Waals surface area contributed by atoms with Gasteiger partial charge in [0.05, 0.1) is 5.69 Å². The van der Waals surface area contributed by atoms with E-state index in [1.165, 1.54) is 5.01 Å². The Morgan fingerprint density at radius 2 is 1.80 bits per heavy atom. The lowest BCUT2D eigenvalue weighted by atomic mass is 10.0. The Hall–Kier alpha value is -3.79. The molecule has 2 aliphatic rings. The van der Waals surface area contributed by atoms with Crippen LogP contribution in [0.3, 0.4) is 0 Å². The van der Waals surface area contributed by atoms with E-state index in [1.807, 2.05) is 63.4 Å². The van der Waals surface area contributed by atoms with E-state index in [9.17, 15) is 19.2 Å². The van der Waals surface area contributed by atoms with Gasteiger partial charge >= 0.3 is 5.97 Å². The van der Waals surface area contributed by atoms with Crippen LogP contribution in [0.4, 0.5) is 0 Å². The van der Waals surface area contributed by atoms with E-state index < -0.39 is 36.1 Å². The summed E-state index contributed by atoms with van der Waals surface area (Å²) in [5.41, 5.74) is 4.68. The molecule has 0 aliphatic carbocycles. The highest BCUT2D eigenvalue weighted by molar-refractivity contribution is 5.92. The molecule has 1 aromatic heterocycles. The molecule has 4 rings (SSSR count). The lowest BCUT2D eigenvalue weighted by Crippen LogP contribution is -2.61. The first kappa shape index (κ1) is 30.2. The smallest absolute Gasteiger partial charge is 0.325 e. The molecular weight excluding hydrogens is 522 g/mol. The first-order chi connectivity index (χ1) is 19.6. The molecule has 5 bridgehead atoms. The van der Waals surface area contributed by atoms with Crippen molar-refractivity contribution in [2.75, 3.05) is 6.54 Å². The highest BCUT2D eigenvalue weighted by atomic mass is 16.5. The van der Waals surface area contributed by atoms with Crippen LogP contribution >= 0.6 is 0 Å². The van der Waals surface area contributed by atoms with Gasteiger partial charge in [0.2, 0.25) is 11.8 Å². The lowest BCUT2D eigenvalue weighted by Gasteiger charge is -2.35. The zero-order valence-electron chi connectivity index (χ0n) is 24.3. The second-order valence-electron chi connectivity index (χ2n) is 11.3. The van der Waals surface area contributed by atoms with Gasteiger partial charge in [-0.2, -0.15) is 0 Å². The molecule has 1 aromatic carbocycles. The fourth-order valence-electron chi connectivity index (χ4n) is 5.09. The molecule has 10 heteroatoms. The molecule has 2 aromatic rings. The molecule has 3 amide bonds. The maximum atomic E-state index is 13.2. The number of pyridine rings is 1. The average Bonchev–Trinajstić information content (AvgIpc) is 2.96. The molecular formula is C31H41N5O5. The van der Waals surface area contributed by atoms with Gasteiger partial charge in [0.1, 0.15) is 24.2 Å². The fraction of sp³-hybridized carbons (Fsp3) is 0.516. The Bertz CT molecular complexity index is 1310. The summed E-state index contributed by atoms with van der Waals surface area (Å²) in [6, 6.07) is 5.59. The lowest BCUT2D eigenvalue weighted by molar-refractivity contribution is -0.157. The summed E-state index contributed by atoms with van der Waals surface area (Å²) in [6.07, 6.45) is 9.08. The van der Waals surface area contributed by atoms with Crippen LogP contribution < -0.4 is 16.1 Å². The van der Waals surface area contributed by atoms with Crippen molar-refractivity contribution < 1.29 is 23.9 Å². The number of benzene rings is 1. The van der Waals surface area contributed by atoms with Crippen LogP contribution in [0.2, 0.25) is 0 Å². The maximum absolute atomic E-state index is 13.2. The second kappa shape index (κ2) is 13.7. The van der Waals surface area contributed by atoms with Gasteiger partial charge in [-0.15, -0.1) is 0 Å². The monoisotopic (exact) mass is 563 g/mol. The number of hydrogen-bond acceptors (Lipinski definition) is 7. The zero-order valence-corrected chi connectivity index (χ0v) is 24.3. The van der Waals surface area contributed by atoms with Crippen molar-refractivity contribution in [2.24, 2.45) is 5.92 Å². The number of amides is 3. The first-order valence-corrected chi connectivity index (χ1v) is 14.6. The van der Waals surface area contributed by atoms with Gasteiger partial charge in [0.15, 0.2) is 0 Å². The summed E-state index contributed by atoms with van der Waals surface area (Å²) < 4.78 is 5.81. The molecule has 1 saturated heterocycles. The number of fused-ring (bicyclic) bond motifs is 4. The van der Waals surface area contributed by atoms with Crippen LogP contribution in [0.5, 0.6) is 0 Å². The molecule has 2 aliphatic heterocycles. The number of allylic oxidation sites excluding steroid dienone is 1. The van der Waals surface area contributed by atoms with E-state index in [-0.39, 0.29) is 17.7 Å². The van der Waals surface area contributed by atoms with E-state index in [0.29, 0.717) is 32.2 Å². The summed E-state index contributed by atoms with van der Waals surface area (Å²) in [5, 5.41) is 8.94. The average molecular weight is 564 g/mol. The molecule has 41 heavy (non-hydrogen) atoms. The predicted octanol–water partition coefficient (Wildman–Crippen LogP) is 3.57. The highest BCUT2D eigenvalue weighted by Gasteiger charge is 2.33. The van der Waals surface area contributed by atoms with Gasteiger partial charge in [-0.3, -0.25) is 29.2 Å². The van der Waals surface area contributed by atoms with Crippen molar-refractivity contribution in [1.29, 1.82) is 0 Å². The van der Waals surface area contributed by atoms with Crippen LogP contribution in [-0.2, 0) is 23.9 Å². The van der Waals surface area contributed by atoms with Crippen molar-refractivity contribution >= 4 is 40.5 Å². The van der Waals surface area contributed by atoms with Gasteiger partial charge in [0, 0.05) is 24.5 Å². The molecule has 10 nitrogen and oxygen atoms in total. The third-order valence-electron chi connectivity index (χ3n) is 7.57. The van der Waals surface area contributed by atoms with Crippen LogP contribution in [0.1, 0.15) is 83.6 Å². The Labute approximate surface area is 241 Å². The number of nitrogens with zero attached hydrogens (tertiary/aromatic N) is 2. The largest absolute Gasteiger partial charge is 0.457 e. The normalized spacial score (nSPS) is 25.6. The van der Waals surface area contributed by atoms with Crippen LogP contribution in [0.25, 0.3) is 16.8 Å². The van der Waals surface area contributed by atoms with E-state index in [4.69, 9.17) is 4.74 Å². The Morgan fingerprint density at radius 1 is 1.00 bits per heavy atom. The van der Waals surface area contributed by atoms with Crippen molar-refractivity contribution in [3.8, 4) is 0 Å². The number of carbonyl (C=O) groups is 4. The fourth-order valence-corrected chi connectivity index (χ4v) is 5.09. The Morgan fingerprint density at radius 3 is 2.59 bits per heavy atom. The third-order valence-corrected chi connectivity index (χ3v) is 7.57. The summed E-state index contributed by atoms with van der Waals surface area (Å²) in [4.78, 5) is 56.5. The minimum atomic E-state index is -0.851. The van der Waals surface area contributed by atoms with E-state index in [0.717, 1.165) is 34.9 Å². The molecule has 4 unspecified atom stereocenters. The second-order valence-corrected chi connectivity index (χ2v) is 11.3. The van der Waals surface area contributed by atoms with Crippen LogP contribution in [0.15, 0.2) is 36.5 Å². The number of nitrogens with one attached hydrogen (secondary N) is 3. The van der Waals surface area contributed by atoms with Gasteiger partial charge in [-0.25, -0.2) is 5.43 Å². The first-order valence-electron chi connectivity index (χ1n) is 14.6. The van der Waals surface area contributed by atoms with Crippen molar-refractivity contribution in [2.45, 2.75) is 90.4 Å². The minimum absolute atomic E-state index is 0.165. The van der Waals surface area contributed by atoms with E-state index >= 15 is 0 Å². The van der Waals surface area contributed by atoms with Gasteiger partial charge in [-0.1, -0.05) is 32.1 Å². The molecule has 1 fully saturated rings. The third kappa shape index (κ3) is 7.91. The van der Waals surface area contributed by atoms with Gasteiger partial charge < -0.3 is 15.4 Å². The van der Waals surface area contributed by atoms with Crippen molar-refractivity contribution in [3.63, 3.8) is 0 Å². The molecule has 3 heterocycles. The van der Waals surface area contributed by atoms with Gasteiger partial charge in [0.25, 0.3) is 5.91 Å². The van der Waals surface area contributed by atoms with Gasteiger partial charge in [-0.05, 0) is 81.0 Å². The summed E-state index contributed by atoms with van der Waals surface area (Å²) in [7, 11) is 0. The quantitative estimate of drug-likeness (QED) is 0.453. The summed E-state index contributed by atoms with van der Waals surface area (Å²) in [5.74, 6) is -1.58. The van der Waals surface area contributed by atoms with Crippen LogP contribution in [-0.4, -0.2) is 58.4 Å². The molecule has 0 saturated carbocycles. The molecule has 0 spiro atoms. The van der Waals surface area contributed by atoms with Crippen molar-refractivity contribution in [1.82, 2.24) is 26.1 Å². The highest BCUT2D eigenvalue weighted by Crippen LogP contribution is 2.24. The molecule has 4 atom stereocenters. The number of ether oxygens (including phenoxy) is 1. The minimum Gasteiger partial charge on any atom is -0.457 e. The topological polar surface area (TPSA) is 130 Å². The standard InChI is InChI=1S/C31H41N5O5/c1-19(2)28-29(38)33-20(3)30(39)36-15-9-11-26(35-36)31(40)41-21(4)22-13-14-23-18-32-25(17-24(23)16-22)10-7-5-6-8-12-27(37)34-28/h7,10,13-14,16-21,26,28,35H,5-6,8-9,11-12,15H2,1-4H3,(H,33,38)(H,34,37). The van der Waals surface area contributed by atoms with Crippen molar-refractivity contribution in [3.05, 3.63) is 47.8 Å². The zero-order chi connectivity index (χ0) is 29.5. The molecule has 3 N–H and O–H groups in total. The van der Waals surface area contributed by atoms with E-state index in [1.54, 1.807) is 6.92 Å². The predicted molar refractivity (Wildman–Crippen MR) is 156 cm³/mol. The SMILES string of the molecule is CC1NC(=O)C(C(C)C)NC(=O)CCCCC=Cc2cc3cc(ccc3cn2)C(C)OC(=O)C2CCCN(N2)C1=O. The molecule has 0 radical (unpaired) electrons. The summed E-state index contributed by atoms with van der Waals surface area (Å²) in [6.45, 7) is 7.53. The number of rotatable bonds is 1. The Balaban J connectivity index is 1.56. The Kier molecular flexibility index (Phi) is 10.1. The van der Waals surface area contributed by atoms with E-state index in [2.05, 4.69) is 21.0 Å². The number of esters is 1. The number of cyclic esters (lactones) is 1. The van der Waals surface area contributed by atoms with Crippen LogP contribution in [0, 0.1) is 5.92 Å². The number of hydrazine groups is 1. The summed E-state index contributed by atoms with van der Waals surface area (Å²) >= 11 is 0. The molecule has 220 valence electrons. The number of hydrogen-bond donors (Lipinski definition) is 3. The number of aromatic nitrogens is 1. The maximum Gasteiger partial charge on any atom is 0.325 e. The number of carbonyl (C=O) groups excluding carboxylic acids is 4.